The summed E-state index contributed by atoms with van der Waals surface area (Å²) >= 11 is 6.04. The van der Waals surface area contributed by atoms with Crippen molar-refractivity contribution in [2.45, 2.75) is 0 Å². The number of esters is 1. The molecule has 3 aromatic rings. The van der Waals surface area contributed by atoms with Gasteiger partial charge in [-0.1, -0.05) is 54.1 Å². The third kappa shape index (κ3) is 6.49. The molecule has 0 radical (unpaired) electrons. The van der Waals surface area contributed by atoms with Gasteiger partial charge in [-0.25, -0.2) is 0 Å². The summed E-state index contributed by atoms with van der Waals surface area (Å²) in [5, 5.41) is 5.35. The summed E-state index contributed by atoms with van der Waals surface area (Å²) in [5.41, 5.74) is 2.70. The van der Waals surface area contributed by atoms with E-state index >= 15 is 0 Å². The summed E-state index contributed by atoms with van der Waals surface area (Å²) in [7, 11) is 2.86. The zero-order valence-corrected chi connectivity index (χ0v) is 19.3. The SMILES string of the molecule is COc1cc(NC(=O)COC(=O)CNC(=O)c2ccc(-c3ccccc3)cc2)c(OC)cc1Cl. The molecule has 0 aromatic heterocycles. The molecule has 0 spiro atoms. The number of halogens is 1. The van der Waals surface area contributed by atoms with Crippen LogP contribution in [0.5, 0.6) is 11.5 Å². The highest BCUT2D eigenvalue weighted by Crippen LogP contribution is 2.35. The van der Waals surface area contributed by atoms with Crippen molar-refractivity contribution in [3.8, 4) is 22.6 Å². The highest BCUT2D eigenvalue weighted by molar-refractivity contribution is 6.32. The number of carbonyl (C=O) groups is 3. The van der Waals surface area contributed by atoms with Gasteiger partial charge in [0.15, 0.2) is 6.61 Å². The van der Waals surface area contributed by atoms with Crippen molar-refractivity contribution in [2.24, 2.45) is 0 Å². The van der Waals surface area contributed by atoms with Gasteiger partial charge in [0.05, 0.1) is 24.9 Å². The van der Waals surface area contributed by atoms with E-state index in [9.17, 15) is 14.4 Å². The molecule has 3 rings (SSSR count). The largest absolute Gasteiger partial charge is 0.495 e. The summed E-state index contributed by atoms with van der Waals surface area (Å²) in [4.78, 5) is 36.4. The first-order valence-electron chi connectivity index (χ1n) is 10.2. The Balaban J connectivity index is 1.47. The minimum atomic E-state index is -0.759. The Kier molecular flexibility index (Phi) is 8.48. The predicted molar refractivity (Wildman–Crippen MR) is 128 cm³/mol. The molecule has 0 heterocycles. The first-order chi connectivity index (χ1) is 16.4. The van der Waals surface area contributed by atoms with Gasteiger partial charge in [0.1, 0.15) is 18.0 Å². The van der Waals surface area contributed by atoms with Crippen molar-refractivity contribution >= 4 is 35.1 Å². The fourth-order valence-corrected chi connectivity index (χ4v) is 3.27. The van der Waals surface area contributed by atoms with Crippen LogP contribution >= 0.6 is 11.6 Å². The number of benzene rings is 3. The van der Waals surface area contributed by atoms with Crippen LogP contribution in [0.4, 0.5) is 5.69 Å². The van der Waals surface area contributed by atoms with Gasteiger partial charge in [0.2, 0.25) is 0 Å². The molecule has 2 amide bonds. The Morgan fingerprint density at radius 1 is 0.853 bits per heavy atom. The smallest absolute Gasteiger partial charge is 0.325 e. The Hall–Kier alpha value is -4.04. The lowest BCUT2D eigenvalue weighted by atomic mass is 10.0. The zero-order chi connectivity index (χ0) is 24.5. The number of carbonyl (C=O) groups excluding carboxylic acids is 3. The van der Waals surface area contributed by atoms with Crippen LogP contribution in [0.3, 0.4) is 0 Å². The first kappa shape index (κ1) is 24.6. The van der Waals surface area contributed by atoms with E-state index in [1.54, 1.807) is 12.1 Å². The maximum atomic E-state index is 12.3. The molecule has 34 heavy (non-hydrogen) atoms. The number of nitrogens with one attached hydrogen (secondary N) is 2. The van der Waals surface area contributed by atoms with Gasteiger partial charge in [-0.2, -0.15) is 0 Å². The summed E-state index contributed by atoms with van der Waals surface area (Å²) < 4.78 is 15.2. The summed E-state index contributed by atoms with van der Waals surface area (Å²) in [6.45, 7) is -0.931. The average molecular weight is 483 g/mol. The molecule has 0 unspecified atom stereocenters. The standard InChI is InChI=1S/C25H23ClN2O6/c1-32-21-13-20(22(33-2)12-19(21)26)28-23(29)15-34-24(30)14-27-25(31)18-10-8-17(9-11-18)16-6-4-3-5-7-16/h3-13H,14-15H2,1-2H3,(H,27,31)(H,28,29). The van der Waals surface area contributed by atoms with Crippen molar-refractivity contribution in [3.63, 3.8) is 0 Å². The third-order valence-electron chi connectivity index (χ3n) is 4.76. The Morgan fingerprint density at radius 3 is 2.15 bits per heavy atom. The summed E-state index contributed by atoms with van der Waals surface area (Å²) in [5.74, 6) is -1.13. The molecule has 0 saturated heterocycles. The number of methoxy groups -OCH3 is 2. The molecule has 0 aliphatic heterocycles. The van der Waals surface area contributed by atoms with Crippen molar-refractivity contribution in [2.75, 3.05) is 32.7 Å². The average Bonchev–Trinajstić information content (AvgIpc) is 2.87. The Labute approximate surface area is 201 Å². The Bertz CT molecular complexity index is 1170. The molecule has 8 nitrogen and oxygen atoms in total. The van der Waals surface area contributed by atoms with E-state index in [0.29, 0.717) is 27.8 Å². The molecule has 0 aliphatic rings. The van der Waals surface area contributed by atoms with Gasteiger partial charge in [-0.3, -0.25) is 14.4 Å². The molecule has 0 aliphatic carbocycles. The van der Waals surface area contributed by atoms with Gasteiger partial charge >= 0.3 is 5.97 Å². The fraction of sp³-hybridized carbons (Fsp3) is 0.160. The highest BCUT2D eigenvalue weighted by Gasteiger charge is 2.15. The number of rotatable bonds is 9. The van der Waals surface area contributed by atoms with Gasteiger partial charge < -0.3 is 24.8 Å². The van der Waals surface area contributed by atoms with Gasteiger partial charge in [0, 0.05) is 17.7 Å². The van der Waals surface area contributed by atoms with E-state index in [-0.39, 0.29) is 6.54 Å². The molecule has 9 heteroatoms. The maximum absolute atomic E-state index is 12.3. The van der Waals surface area contributed by atoms with Crippen LogP contribution in [0.2, 0.25) is 5.02 Å². The quantitative estimate of drug-likeness (QED) is 0.448. The van der Waals surface area contributed by atoms with E-state index in [4.69, 9.17) is 25.8 Å². The minimum absolute atomic E-state index is 0.303. The van der Waals surface area contributed by atoms with E-state index in [1.807, 2.05) is 42.5 Å². The first-order valence-corrected chi connectivity index (χ1v) is 10.6. The van der Waals surface area contributed by atoms with E-state index in [0.717, 1.165) is 11.1 Å². The molecular weight excluding hydrogens is 460 g/mol. The van der Waals surface area contributed by atoms with E-state index in [2.05, 4.69) is 10.6 Å². The van der Waals surface area contributed by atoms with E-state index in [1.165, 1.54) is 26.4 Å². The normalized spacial score (nSPS) is 10.2. The fourth-order valence-electron chi connectivity index (χ4n) is 3.04. The van der Waals surface area contributed by atoms with Gasteiger partial charge in [0.25, 0.3) is 11.8 Å². The number of ether oxygens (including phenoxy) is 3. The number of hydrogen-bond donors (Lipinski definition) is 2. The lowest BCUT2D eigenvalue weighted by Crippen LogP contribution is -2.32. The monoisotopic (exact) mass is 482 g/mol. The van der Waals surface area contributed by atoms with Gasteiger partial charge in [-0.15, -0.1) is 0 Å². The van der Waals surface area contributed by atoms with Gasteiger partial charge in [-0.05, 0) is 23.3 Å². The van der Waals surface area contributed by atoms with Crippen LogP contribution in [0.25, 0.3) is 11.1 Å². The van der Waals surface area contributed by atoms with E-state index < -0.39 is 24.4 Å². The summed E-state index contributed by atoms with van der Waals surface area (Å²) in [6, 6.07) is 19.7. The highest BCUT2D eigenvalue weighted by atomic mass is 35.5. The molecule has 0 bridgehead atoms. The third-order valence-corrected chi connectivity index (χ3v) is 5.06. The zero-order valence-electron chi connectivity index (χ0n) is 18.6. The molecule has 3 aromatic carbocycles. The van der Waals surface area contributed by atoms with Crippen LogP contribution in [-0.2, 0) is 14.3 Å². The lowest BCUT2D eigenvalue weighted by molar-refractivity contribution is -0.146. The van der Waals surface area contributed by atoms with Crippen molar-refractivity contribution in [3.05, 3.63) is 77.3 Å². The van der Waals surface area contributed by atoms with Crippen LogP contribution in [-0.4, -0.2) is 45.2 Å². The molecule has 0 atom stereocenters. The molecule has 176 valence electrons. The second-order valence-electron chi connectivity index (χ2n) is 7.02. The molecule has 0 fully saturated rings. The summed E-state index contributed by atoms with van der Waals surface area (Å²) in [6.07, 6.45) is 0. The minimum Gasteiger partial charge on any atom is -0.495 e. The number of hydrogen-bond acceptors (Lipinski definition) is 6. The number of anilines is 1. The van der Waals surface area contributed by atoms with Crippen LogP contribution in [0, 0.1) is 0 Å². The van der Waals surface area contributed by atoms with Crippen LogP contribution in [0.1, 0.15) is 10.4 Å². The van der Waals surface area contributed by atoms with Crippen molar-refractivity contribution in [1.82, 2.24) is 5.32 Å². The lowest BCUT2D eigenvalue weighted by Gasteiger charge is -2.13. The second kappa shape index (κ2) is 11.7. The number of amides is 2. The molecule has 2 N–H and O–H groups in total. The van der Waals surface area contributed by atoms with Crippen molar-refractivity contribution in [1.29, 1.82) is 0 Å². The predicted octanol–water partition coefficient (Wildman–Crippen LogP) is 3.94. The molecular formula is C25H23ClN2O6. The Morgan fingerprint density at radius 2 is 1.50 bits per heavy atom. The maximum Gasteiger partial charge on any atom is 0.325 e. The van der Waals surface area contributed by atoms with Crippen molar-refractivity contribution < 1.29 is 28.6 Å². The second-order valence-corrected chi connectivity index (χ2v) is 7.43. The molecule has 0 saturated carbocycles. The van der Waals surface area contributed by atoms with Crippen LogP contribution in [0.15, 0.2) is 66.7 Å². The topological polar surface area (TPSA) is 103 Å². The van der Waals surface area contributed by atoms with Crippen LogP contribution < -0.4 is 20.1 Å².